The molecule has 0 saturated heterocycles. The lowest BCUT2D eigenvalue weighted by Gasteiger charge is -2.19. The summed E-state index contributed by atoms with van der Waals surface area (Å²) >= 11 is 3.24. The number of hydrogen-bond acceptors (Lipinski definition) is 3. The molecule has 0 unspecified atom stereocenters. The third kappa shape index (κ3) is 4.75. The van der Waals surface area contributed by atoms with Crippen molar-refractivity contribution in [1.82, 2.24) is 5.32 Å². The normalized spacial score (nSPS) is 14.2. The molecule has 0 aliphatic heterocycles. The number of ketones is 1. The number of Topliss-reactive ketones (excluding diaryl/α,β-unsaturated/α-hetero) is 1. The first-order valence-electron chi connectivity index (χ1n) is 7.97. The van der Waals surface area contributed by atoms with Gasteiger partial charge in [0, 0.05) is 10.2 Å². The van der Waals surface area contributed by atoms with E-state index in [9.17, 15) is 18.4 Å². The molecule has 1 aliphatic rings. The van der Waals surface area contributed by atoms with E-state index in [0.717, 1.165) is 25.0 Å². The lowest BCUT2D eigenvalue weighted by molar-refractivity contribution is 0.102. The van der Waals surface area contributed by atoms with Gasteiger partial charge in [0.05, 0.1) is 17.7 Å². The Balaban J connectivity index is 2.32. The molecule has 0 aromatic heterocycles. The highest BCUT2D eigenvalue weighted by Crippen LogP contribution is 2.32. The van der Waals surface area contributed by atoms with Crippen molar-refractivity contribution >= 4 is 27.8 Å². The van der Waals surface area contributed by atoms with Gasteiger partial charge in [0.25, 0.3) is 0 Å². The van der Waals surface area contributed by atoms with Crippen molar-refractivity contribution < 1.29 is 23.1 Å². The van der Waals surface area contributed by atoms with Crippen LogP contribution >= 0.6 is 15.9 Å². The van der Waals surface area contributed by atoms with E-state index in [1.165, 1.54) is 6.07 Å². The number of carbonyl (C=O) groups excluding carboxylic acids is 2. The number of allylic oxidation sites excluding steroid dienone is 4. The van der Waals surface area contributed by atoms with E-state index in [1.807, 2.05) is 6.92 Å². The molecule has 0 spiro atoms. The van der Waals surface area contributed by atoms with Crippen molar-refractivity contribution in [3.63, 3.8) is 0 Å². The van der Waals surface area contributed by atoms with Crippen LogP contribution in [0.5, 0.6) is 0 Å². The second-order valence-electron chi connectivity index (χ2n) is 5.48. The van der Waals surface area contributed by atoms with Crippen LogP contribution < -0.4 is 5.32 Å². The number of rotatable bonds is 6. The smallest absolute Gasteiger partial charge is 0.411 e. The molecule has 7 heteroatoms. The van der Waals surface area contributed by atoms with Crippen LogP contribution in [0.1, 0.15) is 43.0 Å². The van der Waals surface area contributed by atoms with Crippen molar-refractivity contribution in [2.24, 2.45) is 0 Å². The quantitative estimate of drug-likeness (QED) is 0.527. The molecule has 2 rings (SSSR count). The number of unbranched alkanes of at least 4 members (excludes halogenated alkanes) is 1. The summed E-state index contributed by atoms with van der Waals surface area (Å²) in [5.74, 6) is -2.73. The van der Waals surface area contributed by atoms with Gasteiger partial charge in [-0.1, -0.05) is 41.4 Å². The molecule has 1 amide bonds. The summed E-state index contributed by atoms with van der Waals surface area (Å²) in [6.45, 7) is 2.23. The molecule has 1 aliphatic carbocycles. The minimum atomic E-state index is -0.951. The first-order valence-corrected chi connectivity index (χ1v) is 8.76. The molecule has 0 bridgehead atoms. The van der Waals surface area contributed by atoms with Crippen LogP contribution in [0, 0.1) is 11.6 Å². The standard InChI is InChI=1S/C18H18BrF2NO3/c1-2-3-10-25-18(24)22-14-9-4-6-11(19)15(14)17(23)16-12(20)7-5-8-13(16)21/h5-8H,2-4,9-10H2,1H3,(H,22,24). The summed E-state index contributed by atoms with van der Waals surface area (Å²) < 4.78 is 33.3. The molecule has 0 saturated carbocycles. The number of benzene rings is 1. The van der Waals surface area contributed by atoms with E-state index in [-0.39, 0.29) is 17.9 Å². The molecule has 0 heterocycles. The minimum Gasteiger partial charge on any atom is -0.449 e. The van der Waals surface area contributed by atoms with Gasteiger partial charge in [-0.05, 0) is 31.4 Å². The molecule has 134 valence electrons. The van der Waals surface area contributed by atoms with Gasteiger partial charge in [0.2, 0.25) is 5.78 Å². The van der Waals surface area contributed by atoms with Gasteiger partial charge in [-0.15, -0.1) is 0 Å². The molecule has 0 radical (unpaired) electrons. The van der Waals surface area contributed by atoms with Crippen LogP contribution in [-0.4, -0.2) is 18.5 Å². The Hall–Kier alpha value is -2.02. The molecule has 25 heavy (non-hydrogen) atoms. The maximum Gasteiger partial charge on any atom is 0.411 e. The van der Waals surface area contributed by atoms with Crippen molar-refractivity contribution in [2.75, 3.05) is 6.61 Å². The Labute approximate surface area is 153 Å². The highest BCUT2D eigenvalue weighted by molar-refractivity contribution is 9.12. The van der Waals surface area contributed by atoms with E-state index in [4.69, 9.17) is 4.74 Å². The number of halogens is 3. The third-order valence-corrected chi connectivity index (χ3v) is 4.38. The topological polar surface area (TPSA) is 55.4 Å². The number of amides is 1. The zero-order chi connectivity index (χ0) is 18.4. The van der Waals surface area contributed by atoms with E-state index in [0.29, 0.717) is 17.3 Å². The number of carbonyl (C=O) groups is 2. The first-order chi connectivity index (χ1) is 12.0. The largest absolute Gasteiger partial charge is 0.449 e. The first kappa shape index (κ1) is 19.3. The molecular formula is C18H18BrF2NO3. The second-order valence-corrected chi connectivity index (χ2v) is 6.34. The Kier molecular flexibility index (Phi) is 6.87. The summed E-state index contributed by atoms with van der Waals surface area (Å²) in [5.41, 5.74) is -0.338. The van der Waals surface area contributed by atoms with Crippen molar-refractivity contribution in [3.8, 4) is 0 Å². The Bertz CT molecular complexity index is 724. The lowest BCUT2D eigenvalue weighted by Crippen LogP contribution is -2.28. The Morgan fingerprint density at radius 1 is 1.28 bits per heavy atom. The van der Waals surface area contributed by atoms with Crippen molar-refractivity contribution in [1.29, 1.82) is 0 Å². The summed E-state index contributed by atoms with van der Waals surface area (Å²) in [6, 6.07) is 3.22. The Morgan fingerprint density at radius 2 is 1.96 bits per heavy atom. The molecule has 0 fully saturated rings. The minimum absolute atomic E-state index is 0.0303. The van der Waals surface area contributed by atoms with Crippen molar-refractivity contribution in [3.05, 3.63) is 57.2 Å². The number of hydrogen-bond donors (Lipinski definition) is 1. The number of alkyl carbamates (subject to hydrolysis) is 1. The maximum atomic E-state index is 13.9. The maximum absolute atomic E-state index is 13.9. The molecule has 0 atom stereocenters. The SMILES string of the molecule is CCCCOC(=O)NC1=C(C(=O)c2c(F)cccc2F)C(Br)=CCC1. The molecule has 4 nitrogen and oxygen atoms in total. The zero-order valence-electron chi connectivity index (χ0n) is 13.7. The second kappa shape index (κ2) is 8.89. The summed E-state index contributed by atoms with van der Waals surface area (Å²) in [4.78, 5) is 24.6. The number of ether oxygens (including phenoxy) is 1. The van der Waals surface area contributed by atoms with Crippen LogP contribution in [0.2, 0.25) is 0 Å². The predicted octanol–water partition coefficient (Wildman–Crippen LogP) is 5.00. The van der Waals surface area contributed by atoms with Gasteiger partial charge in [0.1, 0.15) is 11.6 Å². The van der Waals surface area contributed by atoms with Gasteiger partial charge >= 0.3 is 6.09 Å². The average molecular weight is 414 g/mol. The number of nitrogens with one attached hydrogen (secondary N) is 1. The highest BCUT2D eigenvalue weighted by atomic mass is 79.9. The van der Waals surface area contributed by atoms with E-state index in [1.54, 1.807) is 6.08 Å². The zero-order valence-corrected chi connectivity index (χ0v) is 15.3. The molecule has 1 aromatic carbocycles. The van der Waals surface area contributed by atoms with Gasteiger partial charge in [0.15, 0.2) is 0 Å². The van der Waals surface area contributed by atoms with Crippen LogP contribution in [-0.2, 0) is 4.74 Å². The van der Waals surface area contributed by atoms with Gasteiger partial charge in [-0.2, -0.15) is 0 Å². The van der Waals surface area contributed by atoms with Gasteiger partial charge < -0.3 is 4.74 Å². The molecular weight excluding hydrogens is 396 g/mol. The van der Waals surface area contributed by atoms with Crippen LogP contribution in [0.15, 0.2) is 40.0 Å². The van der Waals surface area contributed by atoms with Crippen LogP contribution in [0.4, 0.5) is 13.6 Å². The summed E-state index contributed by atoms with van der Waals surface area (Å²) in [6.07, 6.45) is 3.56. The fourth-order valence-corrected chi connectivity index (χ4v) is 3.04. The third-order valence-electron chi connectivity index (χ3n) is 3.66. The summed E-state index contributed by atoms with van der Waals surface area (Å²) in [5, 5.41) is 2.53. The molecule has 1 aromatic rings. The van der Waals surface area contributed by atoms with E-state index in [2.05, 4.69) is 21.2 Å². The Morgan fingerprint density at radius 3 is 2.60 bits per heavy atom. The van der Waals surface area contributed by atoms with Crippen molar-refractivity contribution in [2.45, 2.75) is 32.6 Å². The molecule has 1 N–H and O–H groups in total. The highest BCUT2D eigenvalue weighted by Gasteiger charge is 2.28. The van der Waals surface area contributed by atoms with E-state index >= 15 is 0 Å². The average Bonchev–Trinajstić information content (AvgIpc) is 2.55. The fraction of sp³-hybridized carbons (Fsp3) is 0.333. The van der Waals surface area contributed by atoms with Gasteiger partial charge in [-0.3, -0.25) is 10.1 Å². The van der Waals surface area contributed by atoms with Crippen LogP contribution in [0.3, 0.4) is 0 Å². The fourth-order valence-electron chi connectivity index (χ4n) is 2.39. The summed E-state index contributed by atoms with van der Waals surface area (Å²) in [7, 11) is 0. The van der Waals surface area contributed by atoms with Gasteiger partial charge in [-0.25, -0.2) is 13.6 Å². The van der Waals surface area contributed by atoms with Crippen LogP contribution in [0.25, 0.3) is 0 Å². The lowest BCUT2D eigenvalue weighted by atomic mass is 9.95. The van der Waals surface area contributed by atoms with E-state index < -0.39 is 29.1 Å². The predicted molar refractivity (Wildman–Crippen MR) is 93.4 cm³/mol. The monoisotopic (exact) mass is 413 g/mol.